The first kappa shape index (κ1) is 42.8. The number of hydrogen-bond donors (Lipinski definition) is 3. The molecule has 1 aliphatic heterocycles. The van der Waals surface area contributed by atoms with Gasteiger partial charge in [0, 0.05) is 24.0 Å². The van der Waals surface area contributed by atoms with Gasteiger partial charge in [0.25, 0.3) is 0 Å². The van der Waals surface area contributed by atoms with Crippen molar-refractivity contribution in [1.82, 2.24) is 14.5 Å². The number of nitrogens with one attached hydrogen (secondary N) is 1. The Morgan fingerprint density at radius 1 is 1.05 bits per heavy atom. The standard InChI is InChI=1S/C34H46BrN3O7S.C6H7BO2/c1-5-23-17-34(23,32(42)36-19-22-13-14-22)18-29(39)28-20-37(46(43,44)26-12-8-9-24(35)15-26)21-38(28)31(41)27(33(2,3)4)16-30(40)45-25-10-6-7-11-25;8-7(9)6-4-2-1-3-5-6/h5,8-9,12,15,22-23,25,27-28H,1,6-7,10-11,13-14,16-21H2,2-4H3,(H,36,42);1-5,8-9H/t23-,27-,28+,34-;/m1./s1. The van der Waals surface area contributed by atoms with Crippen molar-refractivity contribution in [2.75, 3.05) is 19.8 Å². The van der Waals surface area contributed by atoms with Crippen LogP contribution >= 0.6 is 15.9 Å². The summed E-state index contributed by atoms with van der Waals surface area (Å²) < 4.78 is 35.1. The zero-order chi connectivity index (χ0) is 40.1. The summed E-state index contributed by atoms with van der Waals surface area (Å²) in [5.41, 5.74) is -1.13. The zero-order valence-corrected chi connectivity index (χ0v) is 34.3. The molecule has 1 saturated heterocycles. The highest BCUT2D eigenvalue weighted by molar-refractivity contribution is 9.10. The molecule has 1 heterocycles. The van der Waals surface area contributed by atoms with Gasteiger partial charge in [0.1, 0.15) is 12.1 Å². The van der Waals surface area contributed by atoms with Crippen LogP contribution in [0.15, 0.2) is 76.6 Å². The van der Waals surface area contributed by atoms with Gasteiger partial charge >= 0.3 is 13.1 Å². The highest BCUT2D eigenvalue weighted by Gasteiger charge is 2.60. The summed E-state index contributed by atoms with van der Waals surface area (Å²) in [7, 11) is -5.44. The average molecular weight is 843 g/mol. The van der Waals surface area contributed by atoms with Crippen LogP contribution < -0.4 is 10.8 Å². The van der Waals surface area contributed by atoms with E-state index in [4.69, 9.17) is 14.8 Å². The van der Waals surface area contributed by atoms with Gasteiger partial charge in [-0.3, -0.25) is 19.2 Å². The van der Waals surface area contributed by atoms with Gasteiger partial charge in [-0.25, -0.2) is 8.42 Å². The summed E-state index contributed by atoms with van der Waals surface area (Å²) in [5, 5.41) is 20.2. The summed E-state index contributed by atoms with van der Waals surface area (Å²) >= 11 is 3.33. The summed E-state index contributed by atoms with van der Waals surface area (Å²) in [4.78, 5) is 56.4. The van der Waals surface area contributed by atoms with Gasteiger partial charge in [-0.05, 0) is 85.9 Å². The van der Waals surface area contributed by atoms with E-state index in [1.165, 1.54) is 17.0 Å². The number of ketones is 1. The van der Waals surface area contributed by atoms with E-state index in [1.807, 2.05) is 26.8 Å². The molecule has 4 fully saturated rings. The number of carbonyl (C=O) groups is 4. The highest BCUT2D eigenvalue weighted by Crippen LogP contribution is 2.57. The number of Topliss-reactive ketones (excluding diaryl/α,β-unsaturated/α-hetero) is 1. The quantitative estimate of drug-likeness (QED) is 0.144. The Morgan fingerprint density at radius 2 is 1.73 bits per heavy atom. The van der Waals surface area contributed by atoms with E-state index in [1.54, 1.807) is 42.5 Å². The number of nitrogens with zero attached hydrogens (tertiary/aromatic N) is 2. The smallest absolute Gasteiger partial charge is 0.462 e. The van der Waals surface area contributed by atoms with Crippen LogP contribution in [0.5, 0.6) is 0 Å². The Balaban J connectivity index is 0.000000566. The first-order valence-electron chi connectivity index (χ1n) is 19.1. The van der Waals surface area contributed by atoms with Crippen LogP contribution in [0.1, 0.15) is 78.6 Å². The normalized spacial score (nSPS) is 23.3. The topological polar surface area (TPSA) is 171 Å². The van der Waals surface area contributed by atoms with Gasteiger partial charge in [-0.1, -0.05) is 79.2 Å². The Bertz CT molecular complexity index is 1830. The fourth-order valence-corrected chi connectivity index (χ4v) is 9.40. The molecule has 15 heteroatoms. The van der Waals surface area contributed by atoms with Crippen molar-refractivity contribution in [3.05, 3.63) is 71.7 Å². The molecule has 3 N–H and O–H groups in total. The molecule has 2 amide bonds. The average Bonchev–Trinajstić information content (AvgIpc) is 3.98. The zero-order valence-electron chi connectivity index (χ0n) is 31.9. The number of carbonyl (C=O) groups excluding carboxylic acids is 4. The van der Waals surface area contributed by atoms with Crippen molar-refractivity contribution >= 4 is 62.1 Å². The molecule has 0 bridgehead atoms. The Kier molecular flexibility index (Phi) is 13.9. The monoisotopic (exact) mass is 841 g/mol. The molecule has 0 spiro atoms. The summed E-state index contributed by atoms with van der Waals surface area (Å²) in [5.74, 6) is -2.12. The third-order valence-corrected chi connectivity index (χ3v) is 13.5. The molecule has 298 valence electrons. The molecule has 6 rings (SSSR count). The van der Waals surface area contributed by atoms with E-state index in [9.17, 15) is 27.6 Å². The molecule has 3 aliphatic carbocycles. The Labute approximate surface area is 333 Å². The second kappa shape index (κ2) is 17.8. The number of hydrogen-bond acceptors (Lipinski definition) is 9. The van der Waals surface area contributed by atoms with Gasteiger partial charge in [-0.15, -0.1) is 6.58 Å². The molecule has 4 aliphatic rings. The molecular formula is C40H53BBrN3O9S. The fourth-order valence-electron chi connectivity index (χ4n) is 7.41. The molecule has 0 radical (unpaired) electrons. The molecule has 3 saturated carbocycles. The lowest BCUT2D eigenvalue weighted by Crippen LogP contribution is -2.49. The van der Waals surface area contributed by atoms with Gasteiger partial charge < -0.3 is 25.0 Å². The maximum absolute atomic E-state index is 14.4. The van der Waals surface area contributed by atoms with Crippen LogP contribution in [0.4, 0.5) is 0 Å². The lowest BCUT2D eigenvalue weighted by Gasteiger charge is -2.34. The highest BCUT2D eigenvalue weighted by atomic mass is 79.9. The number of rotatable bonds is 14. The molecule has 2 aromatic rings. The Hall–Kier alpha value is -3.37. The van der Waals surface area contributed by atoms with E-state index >= 15 is 0 Å². The van der Waals surface area contributed by atoms with Crippen LogP contribution in [-0.2, 0) is 33.9 Å². The number of halogens is 1. The van der Waals surface area contributed by atoms with Gasteiger partial charge in [-0.2, -0.15) is 4.31 Å². The van der Waals surface area contributed by atoms with E-state index in [0.717, 1.165) is 42.8 Å². The molecule has 0 unspecified atom stereocenters. The summed E-state index contributed by atoms with van der Waals surface area (Å²) in [6.45, 7) is 9.37. The minimum atomic E-state index is -4.09. The van der Waals surface area contributed by atoms with Crippen molar-refractivity contribution in [2.24, 2.45) is 28.6 Å². The second-order valence-electron chi connectivity index (χ2n) is 16.4. The molecule has 12 nitrogen and oxygen atoms in total. The van der Waals surface area contributed by atoms with Crippen molar-refractivity contribution in [3.8, 4) is 0 Å². The number of ether oxygens (including phenoxy) is 1. The van der Waals surface area contributed by atoms with Crippen LogP contribution in [0.2, 0.25) is 0 Å². The molecule has 55 heavy (non-hydrogen) atoms. The third kappa shape index (κ3) is 10.7. The van der Waals surface area contributed by atoms with Crippen molar-refractivity contribution in [2.45, 2.75) is 95.6 Å². The van der Waals surface area contributed by atoms with Crippen LogP contribution in [0.25, 0.3) is 0 Å². The number of amides is 2. The summed E-state index contributed by atoms with van der Waals surface area (Å²) in [6.07, 6.45) is 7.41. The van der Waals surface area contributed by atoms with E-state index in [-0.39, 0.29) is 54.7 Å². The Morgan fingerprint density at radius 3 is 2.27 bits per heavy atom. The van der Waals surface area contributed by atoms with Crippen molar-refractivity contribution in [3.63, 3.8) is 0 Å². The summed E-state index contributed by atoms with van der Waals surface area (Å²) in [6, 6.07) is 13.8. The predicted molar refractivity (Wildman–Crippen MR) is 212 cm³/mol. The van der Waals surface area contributed by atoms with Crippen molar-refractivity contribution < 1.29 is 42.4 Å². The minimum Gasteiger partial charge on any atom is -0.462 e. The van der Waals surface area contributed by atoms with E-state index < -0.39 is 51.8 Å². The first-order chi connectivity index (χ1) is 26.0. The first-order valence-corrected chi connectivity index (χ1v) is 21.3. The lowest BCUT2D eigenvalue weighted by molar-refractivity contribution is -0.156. The maximum atomic E-state index is 14.4. The van der Waals surface area contributed by atoms with Gasteiger partial charge in [0.05, 0.1) is 29.3 Å². The van der Waals surface area contributed by atoms with Gasteiger partial charge in [0.15, 0.2) is 5.78 Å². The number of esters is 1. The number of allylic oxidation sites excluding steroid dienone is 1. The second-order valence-corrected chi connectivity index (χ2v) is 19.2. The molecular weight excluding hydrogens is 789 g/mol. The van der Waals surface area contributed by atoms with E-state index in [0.29, 0.717) is 28.8 Å². The van der Waals surface area contributed by atoms with Crippen LogP contribution in [0.3, 0.4) is 0 Å². The third-order valence-electron chi connectivity index (χ3n) is 11.2. The van der Waals surface area contributed by atoms with Crippen molar-refractivity contribution in [1.29, 1.82) is 0 Å². The minimum absolute atomic E-state index is 0.0275. The van der Waals surface area contributed by atoms with Gasteiger partial charge in [0.2, 0.25) is 21.8 Å². The van der Waals surface area contributed by atoms with Crippen LogP contribution in [-0.4, -0.2) is 90.3 Å². The maximum Gasteiger partial charge on any atom is 0.488 e. The fraction of sp³-hybridized carbons (Fsp3) is 0.550. The lowest BCUT2D eigenvalue weighted by atomic mass is 9.77. The van der Waals surface area contributed by atoms with E-state index in [2.05, 4.69) is 27.8 Å². The predicted octanol–water partition coefficient (Wildman–Crippen LogP) is 4.19. The number of benzene rings is 2. The van der Waals surface area contributed by atoms with Crippen LogP contribution in [0, 0.1) is 28.6 Å². The molecule has 2 aromatic carbocycles. The molecule has 4 atom stereocenters. The largest absolute Gasteiger partial charge is 0.488 e. The number of sulfonamides is 1. The molecule has 0 aromatic heterocycles. The SMILES string of the molecule is C=C[C@@H]1C[C@]1(CC(=O)[C@@H]1CN(S(=O)(=O)c2cccc(Br)c2)CN1C(=O)[C@@H](CC(=O)OC1CCCC1)C(C)(C)C)C(=O)NCC1CC1.OB(O)c1ccccc1.